The van der Waals surface area contributed by atoms with Crippen molar-refractivity contribution >= 4 is 28.1 Å². The minimum Gasteiger partial charge on any atom is -0.368 e. The number of amides is 1. The second-order valence-electron chi connectivity index (χ2n) is 6.94. The SMILES string of the molecule is Cc1cccc2cc(CN(Cc3cccs3)C(=O)[C@@H]3CCCO3)c(=O)[nH]c12. The number of hydrogen-bond donors (Lipinski definition) is 1. The highest BCUT2D eigenvalue weighted by molar-refractivity contribution is 7.09. The van der Waals surface area contributed by atoms with Gasteiger partial charge in [0, 0.05) is 17.0 Å². The van der Waals surface area contributed by atoms with Gasteiger partial charge in [-0.1, -0.05) is 24.3 Å². The molecular formula is C21H22N2O3S. The molecule has 0 saturated carbocycles. The van der Waals surface area contributed by atoms with Crippen molar-refractivity contribution in [2.75, 3.05) is 6.61 Å². The Morgan fingerprint density at radius 1 is 1.30 bits per heavy atom. The van der Waals surface area contributed by atoms with Crippen LogP contribution < -0.4 is 5.56 Å². The van der Waals surface area contributed by atoms with Crippen LogP contribution in [0.4, 0.5) is 0 Å². The molecule has 0 unspecified atom stereocenters. The van der Waals surface area contributed by atoms with Crippen LogP contribution in [0.1, 0.15) is 28.8 Å². The lowest BCUT2D eigenvalue weighted by Gasteiger charge is -2.25. The van der Waals surface area contributed by atoms with Gasteiger partial charge in [-0.3, -0.25) is 9.59 Å². The van der Waals surface area contributed by atoms with Crippen molar-refractivity contribution in [1.29, 1.82) is 0 Å². The number of carbonyl (C=O) groups excluding carboxylic acids is 1. The van der Waals surface area contributed by atoms with Crippen molar-refractivity contribution in [3.8, 4) is 0 Å². The zero-order chi connectivity index (χ0) is 18.8. The Labute approximate surface area is 161 Å². The highest BCUT2D eigenvalue weighted by atomic mass is 32.1. The van der Waals surface area contributed by atoms with Gasteiger partial charge in [0.1, 0.15) is 6.10 Å². The van der Waals surface area contributed by atoms with Crippen LogP contribution in [0.3, 0.4) is 0 Å². The van der Waals surface area contributed by atoms with E-state index in [0.29, 0.717) is 18.7 Å². The topological polar surface area (TPSA) is 62.4 Å². The minimum atomic E-state index is -0.397. The number of para-hydroxylation sites is 1. The molecule has 1 aromatic carbocycles. The molecule has 1 aliphatic rings. The van der Waals surface area contributed by atoms with Gasteiger partial charge in [0.2, 0.25) is 0 Å². The first kappa shape index (κ1) is 17.9. The number of aryl methyl sites for hydroxylation is 1. The summed E-state index contributed by atoms with van der Waals surface area (Å²) in [6, 6.07) is 11.8. The van der Waals surface area contributed by atoms with E-state index < -0.39 is 6.10 Å². The van der Waals surface area contributed by atoms with E-state index in [-0.39, 0.29) is 18.0 Å². The summed E-state index contributed by atoms with van der Waals surface area (Å²) < 4.78 is 5.60. The standard InChI is InChI=1S/C21H22N2O3S/c1-14-5-2-6-15-11-16(20(24)22-19(14)15)12-23(13-17-7-4-10-27-17)21(25)18-8-3-9-26-18/h2,4-7,10-11,18H,3,8-9,12-13H2,1H3,(H,22,24)/t18-/m0/s1. The molecule has 0 radical (unpaired) electrons. The molecule has 5 nitrogen and oxygen atoms in total. The van der Waals surface area contributed by atoms with Crippen LogP contribution in [0.2, 0.25) is 0 Å². The zero-order valence-electron chi connectivity index (χ0n) is 15.2. The maximum absolute atomic E-state index is 13.0. The number of rotatable bonds is 5. The number of benzene rings is 1. The number of nitrogens with one attached hydrogen (secondary N) is 1. The molecule has 1 N–H and O–H groups in total. The monoisotopic (exact) mass is 382 g/mol. The van der Waals surface area contributed by atoms with Gasteiger partial charge >= 0.3 is 0 Å². The fourth-order valence-corrected chi connectivity index (χ4v) is 4.25. The number of thiophene rings is 1. The normalized spacial score (nSPS) is 16.7. The summed E-state index contributed by atoms with van der Waals surface area (Å²) in [5, 5.41) is 2.97. The smallest absolute Gasteiger partial charge is 0.253 e. The number of nitrogens with zero attached hydrogens (tertiary/aromatic N) is 1. The van der Waals surface area contributed by atoms with E-state index in [1.54, 1.807) is 16.2 Å². The van der Waals surface area contributed by atoms with Crippen molar-refractivity contribution < 1.29 is 9.53 Å². The lowest BCUT2D eigenvalue weighted by Crippen LogP contribution is -2.39. The number of aromatic nitrogens is 1. The highest BCUT2D eigenvalue weighted by Crippen LogP contribution is 2.21. The number of H-pyrrole nitrogens is 1. The fraction of sp³-hybridized carbons (Fsp3) is 0.333. The van der Waals surface area contributed by atoms with Gasteiger partial charge in [0.25, 0.3) is 11.5 Å². The predicted molar refractivity (Wildman–Crippen MR) is 107 cm³/mol. The van der Waals surface area contributed by atoms with E-state index >= 15 is 0 Å². The number of hydrogen-bond acceptors (Lipinski definition) is 4. The average molecular weight is 382 g/mol. The number of ether oxygens (including phenoxy) is 1. The largest absolute Gasteiger partial charge is 0.368 e. The third-order valence-electron chi connectivity index (χ3n) is 4.97. The minimum absolute atomic E-state index is 0.0374. The first-order chi connectivity index (χ1) is 13.1. The zero-order valence-corrected chi connectivity index (χ0v) is 16.1. The van der Waals surface area contributed by atoms with Gasteiger partial charge in [-0.2, -0.15) is 0 Å². The molecule has 6 heteroatoms. The number of carbonyl (C=O) groups is 1. The van der Waals surface area contributed by atoms with Crippen molar-refractivity contribution in [2.24, 2.45) is 0 Å². The van der Waals surface area contributed by atoms with Crippen LogP contribution in [0.25, 0.3) is 10.9 Å². The second kappa shape index (κ2) is 7.66. The Morgan fingerprint density at radius 2 is 2.19 bits per heavy atom. The summed E-state index contributed by atoms with van der Waals surface area (Å²) in [6.07, 6.45) is 1.25. The first-order valence-corrected chi connectivity index (χ1v) is 10.0. The summed E-state index contributed by atoms with van der Waals surface area (Å²) in [4.78, 5) is 31.5. The molecule has 2 aromatic heterocycles. The number of fused-ring (bicyclic) bond motifs is 1. The van der Waals surface area contributed by atoms with Gasteiger partial charge in [-0.05, 0) is 48.2 Å². The molecule has 0 spiro atoms. The van der Waals surface area contributed by atoms with E-state index in [2.05, 4.69) is 4.98 Å². The van der Waals surface area contributed by atoms with Crippen LogP contribution in [-0.2, 0) is 22.6 Å². The van der Waals surface area contributed by atoms with E-state index in [1.807, 2.05) is 48.7 Å². The molecular weight excluding hydrogens is 360 g/mol. The molecule has 1 amide bonds. The molecule has 140 valence electrons. The molecule has 4 rings (SSSR count). The average Bonchev–Trinajstić information content (AvgIpc) is 3.36. The summed E-state index contributed by atoms with van der Waals surface area (Å²) in [6.45, 7) is 3.36. The van der Waals surface area contributed by atoms with E-state index in [4.69, 9.17) is 4.74 Å². The summed E-state index contributed by atoms with van der Waals surface area (Å²) in [5.41, 5.74) is 2.33. The first-order valence-electron chi connectivity index (χ1n) is 9.16. The molecule has 27 heavy (non-hydrogen) atoms. The van der Waals surface area contributed by atoms with Gasteiger partial charge in [-0.25, -0.2) is 0 Å². The lowest BCUT2D eigenvalue weighted by molar-refractivity contribution is -0.142. The van der Waals surface area contributed by atoms with E-state index in [1.165, 1.54) is 0 Å². The highest BCUT2D eigenvalue weighted by Gasteiger charge is 2.29. The summed E-state index contributed by atoms with van der Waals surface area (Å²) in [7, 11) is 0. The van der Waals surface area contributed by atoms with Crippen molar-refractivity contribution in [2.45, 2.75) is 39.0 Å². The Morgan fingerprint density at radius 3 is 2.93 bits per heavy atom. The van der Waals surface area contributed by atoms with Gasteiger partial charge in [0.15, 0.2) is 0 Å². The third-order valence-corrected chi connectivity index (χ3v) is 5.83. The fourth-order valence-electron chi connectivity index (χ4n) is 3.53. The molecule has 3 heterocycles. The molecule has 1 aliphatic heterocycles. The molecule has 1 atom stereocenters. The molecule has 1 saturated heterocycles. The van der Waals surface area contributed by atoms with Crippen molar-refractivity contribution in [1.82, 2.24) is 9.88 Å². The number of aromatic amines is 1. The van der Waals surface area contributed by atoms with Crippen LogP contribution in [0.5, 0.6) is 0 Å². The van der Waals surface area contributed by atoms with Crippen LogP contribution in [0, 0.1) is 6.92 Å². The van der Waals surface area contributed by atoms with Crippen LogP contribution in [0.15, 0.2) is 46.6 Å². The molecule has 3 aromatic rings. The Hall–Kier alpha value is -2.44. The number of pyridine rings is 1. The van der Waals surface area contributed by atoms with E-state index in [9.17, 15) is 9.59 Å². The third kappa shape index (κ3) is 3.82. The van der Waals surface area contributed by atoms with E-state index in [0.717, 1.165) is 34.2 Å². The maximum Gasteiger partial charge on any atom is 0.253 e. The predicted octanol–water partition coefficient (Wildman–Crippen LogP) is 3.61. The van der Waals surface area contributed by atoms with Gasteiger partial charge in [-0.15, -0.1) is 11.3 Å². The Kier molecular flexibility index (Phi) is 5.09. The lowest BCUT2D eigenvalue weighted by atomic mass is 10.1. The Bertz CT molecular complexity index is 1000. The summed E-state index contributed by atoms with van der Waals surface area (Å²) in [5.74, 6) is -0.0374. The Balaban J connectivity index is 1.66. The summed E-state index contributed by atoms with van der Waals surface area (Å²) >= 11 is 1.61. The van der Waals surface area contributed by atoms with Crippen LogP contribution >= 0.6 is 11.3 Å². The molecule has 0 aliphatic carbocycles. The van der Waals surface area contributed by atoms with Gasteiger partial charge in [0.05, 0.1) is 18.6 Å². The molecule has 0 bridgehead atoms. The van der Waals surface area contributed by atoms with Gasteiger partial charge < -0.3 is 14.6 Å². The molecule has 1 fully saturated rings. The maximum atomic E-state index is 13.0. The van der Waals surface area contributed by atoms with Crippen LogP contribution in [-0.4, -0.2) is 28.5 Å². The van der Waals surface area contributed by atoms with Crippen molar-refractivity contribution in [3.05, 3.63) is 68.1 Å². The van der Waals surface area contributed by atoms with Crippen molar-refractivity contribution in [3.63, 3.8) is 0 Å². The quantitative estimate of drug-likeness (QED) is 0.733. The second-order valence-corrected chi connectivity index (χ2v) is 7.97.